The maximum Gasteiger partial charge on any atom is 0.217 e. The number of ether oxygens (including phenoxy) is 2. The maximum absolute atomic E-state index is 12.7. The Balaban J connectivity index is 1.49. The molecule has 3 aliphatic rings. The first kappa shape index (κ1) is 15.5. The summed E-state index contributed by atoms with van der Waals surface area (Å²) in [6.45, 7) is 1.56. The van der Waals surface area contributed by atoms with Gasteiger partial charge in [0.2, 0.25) is 10.0 Å². The molecular weight excluding hydrogens is 316 g/mol. The maximum atomic E-state index is 12.7. The number of pyridine rings is 1. The van der Waals surface area contributed by atoms with Crippen molar-refractivity contribution in [3.8, 4) is 0 Å². The van der Waals surface area contributed by atoms with Gasteiger partial charge in [0.15, 0.2) is 0 Å². The van der Waals surface area contributed by atoms with Crippen molar-refractivity contribution in [2.24, 2.45) is 0 Å². The fourth-order valence-electron chi connectivity index (χ4n) is 3.55. The number of nitrogens with zero attached hydrogens (tertiary/aromatic N) is 2. The summed E-state index contributed by atoms with van der Waals surface area (Å²) in [7, 11) is -3.19. The number of rotatable bonds is 5. The summed E-state index contributed by atoms with van der Waals surface area (Å²) in [6, 6.07) is 3.76. The molecule has 0 radical (unpaired) electrons. The Morgan fingerprint density at radius 1 is 1.26 bits per heavy atom. The van der Waals surface area contributed by atoms with E-state index in [4.69, 9.17) is 9.47 Å². The smallest absolute Gasteiger partial charge is 0.217 e. The van der Waals surface area contributed by atoms with Gasteiger partial charge < -0.3 is 9.47 Å². The highest BCUT2D eigenvalue weighted by Gasteiger charge is 2.52. The molecule has 1 saturated carbocycles. The van der Waals surface area contributed by atoms with Gasteiger partial charge in [0, 0.05) is 25.5 Å². The summed E-state index contributed by atoms with van der Waals surface area (Å²) in [4.78, 5) is 3.99. The van der Waals surface area contributed by atoms with Gasteiger partial charge >= 0.3 is 0 Å². The highest BCUT2D eigenvalue weighted by molar-refractivity contribution is 7.90. The molecule has 2 saturated heterocycles. The van der Waals surface area contributed by atoms with E-state index < -0.39 is 10.0 Å². The Bertz CT molecular complexity index is 647. The summed E-state index contributed by atoms with van der Waals surface area (Å²) in [6.07, 6.45) is 6.50. The summed E-state index contributed by atoms with van der Waals surface area (Å²) in [5.41, 5.74) is 1.04. The second-order valence-corrected chi connectivity index (χ2v) is 8.73. The van der Waals surface area contributed by atoms with Crippen LogP contribution in [0, 0.1) is 0 Å². The van der Waals surface area contributed by atoms with Gasteiger partial charge in [-0.1, -0.05) is 0 Å². The van der Waals surface area contributed by atoms with Crippen LogP contribution in [0.5, 0.6) is 0 Å². The Hall–Kier alpha value is -1.02. The van der Waals surface area contributed by atoms with Gasteiger partial charge in [-0.05, 0) is 43.4 Å². The van der Waals surface area contributed by atoms with Crippen molar-refractivity contribution >= 4 is 10.0 Å². The van der Waals surface area contributed by atoms with Gasteiger partial charge in [-0.2, -0.15) is 4.31 Å². The molecular formula is C16H22N2O4S. The lowest BCUT2D eigenvalue weighted by Crippen LogP contribution is -2.44. The van der Waals surface area contributed by atoms with Gasteiger partial charge in [0.1, 0.15) is 6.10 Å². The molecule has 1 aliphatic carbocycles. The fourth-order valence-corrected chi connectivity index (χ4v) is 5.62. The molecule has 0 aromatic carbocycles. The third-order valence-corrected chi connectivity index (χ3v) is 7.30. The SMILES string of the molecule is O=S(=O)(C1CC1)N1C[C@@H](OCc2ccncc2)[C@@H]2OCCC[C@@H]21. The van der Waals surface area contributed by atoms with E-state index in [1.54, 1.807) is 16.7 Å². The summed E-state index contributed by atoms with van der Waals surface area (Å²) >= 11 is 0. The van der Waals surface area contributed by atoms with Crippen molar-refractivity contribution < 1.29 is 17.9 Å². The van der Waals surface area contributed by atoms with Crippen LogP contribution < -0.4 is 0 Å². The van der Waals surface area contributed by atoms with Crippen LogP contribution in [0.2, 0.25) is 0 Å². The van der Waals surface area contributed by atoms with E-state index >= 15 is 0 Å². The van der Waals surface area contributed by atoms with Gasteiger partial charge in [0.25, 0.3) is 0 Å². The van der Waals surface area contributed by atoms with Crippen LogP contribution >= 0.6 is 0 Å². The number of hydrogen-bond donors (Lipinski definition) is 0. The lowest BCUT2D eigenvalue weighted by molar-refractivity contribution is -0.0802. The molecule has 0 unspecified atom stereocenters. The van der Waals surface area contributed by atoms with Gasteiger partial charge in [-0.15, -0.1) is 0 Å². The van der Waals surface area contributed by atoms with Crippen molar-refractivity contribution in [3.05, 3.63) is 30.1 Å². The minimum atomic E-state index is -3.19. The predicted octanol–water partition coefficient (Wildman–Crippen LogP) is 1.32. The molecule has 3 atom stereocenters. The molecule has 1 aromatic rings. The first-order valence-electron chi connectivity index (χ1n) is 8.29. The van der Waals surface area contributed by atoms with Crippen molar-refractivity contribution in [1.82, 2.24) is 9.29 Å². The Labute approximate surface area is 136 Å². The molecule has 0 spiro atoms. The molecule has 1 aromatic heterocycles. The number of fused-ring (bicyclic) bond motifs is 1. The van der Waals surface area contributed by atoms with Gasteiger partial charge in [-0.25, -0.2) is 8.42 Å². The summed E-state index contributed by atoms with van der Waals surface area (Å²) in [5, 5.41) is -0.177. The quantitative estimate of drug-likeness (QED) is 0.810. The fraction of sp³-hybridized carbons (Fsp3) is 0.688. The molecule has 2 aliphatic heterocycles. The molecule has 7 heteroatoms. The zero-order valence-electron chi connectivity index (χ0n) is 13.0. The van der Waals surface area contributed by atoms with E-state index in [0.717, 1.165) is 31.2 Å². The summed E-state index contributed by atoms with van der Waals surface area (Å²) in [5.74, 6) is 0. The normalized spacial score (nSPS) is 31.9. The van der Waals surface area contributed by atoms with Crippen LogP contribution in [-0.4, -0.2) is 54.4 Å². The van der Waals surface area contributed by atoms with Gasteiger partial charge in [-0.3, -0.25) is 4.98 Å². The molecule has 6 nitrogen and oxygen atoms in total. The van der Waals surface area contributed by atoms with E-state index in [0.29, 0.717) is 19.8 Å². The lowest BCUT2D eigenvalue weighted by atomic mass is 10.0. The Morgan fingerprint density at radius 2 is 2.04 bits per heavy atom. The first-order chi connectivity index (χ1) is 11.2. The zero-order chi connectivity index (χ0) is 15.9. The van der Waals surface area contributed by atoms with Crippen LogP contribution in [-0.2, 0) is 26.1 Å². The van der Waals surface area contributed by atoms with Crippen LogP contribution in [0.25, 0.3) is 0 Å². The highest BCUT2D eigenvalue weighted by Crippen LogP contribution is 2.39. The van der Waals surface area contributed by atoms with E-state index in [2.05, 4.69) is 4.98 Å². The Kier molecular flexibility index (Phi) is 4.13. The molecule has 0 bridgehead atoms. The second-order valence-electron chi connectivity index (χ2n) is 6.56. The highest BCUT2D eigenvalue weighted by atomic mass is 32.2. The average molecular weight is 338 g/mol. The van der Waals surface area contributed by atoms with Crippen molar-refractivity contribution in [2.75, 3.05) is 13.2 Å². The van der Waals surface area contributed by atoms with Gasteiger partial charge in [0.05, 0.1) is 24.0 Å². The topological polar surface area (TPSA) is 68.7 Å². The molecule has 23 heavy (non-hydrogen) atoms. The Morgan fingerprint density at radius 3 is 2.78 bits per heavy atom. The van der Waals surface area contributed by atoms with Crippen molar-refractivity contribution in [2.45, 2.75) is 55.8 Å². The van der Waals surface area contributed by atoms with Crippen molar-refractivity contribution in [3.63, 3.8) is 0 Å². The molecule has 3 heterocycles. The molecule has 0 N–H and O–H groups in total. The predicted molar refractivity (Wildman–Crippen MR) is 84.2 cm³/mol. The largest absolute Gasteiger partial charge is 0.374 e. The van der Waals surface area contributed by atoms with Crippen molar-refractivity contribution in [1.29, 1.82) is 0 Å². The first-order valence-corrected chi connectivity index (χ1v) is 9.79. The second kappa shape index (κ2) is 6.12. The molecule has 3 fully saturated rings. The third kappa shape index (κ3) is 3.03. The standard InChI is InChI=1S/C16H22N2O4S/c19-23(20,13-3-4-13)18-10-15(16-14(18)2-1-9-21-16)22-11-12-5-7-17-8-6-12/h5-8,13-16H,1-4,9-11H2/t14-,15+,16+/m0/s1. The van der Waals surface area contributed by atoms with Crippen LogP contribution in [0.15, 0.2) is 24.5 Å². The molecule has 126 valence electrons. The van der Waals surface area contributed by atoms with Crippen LogP contribution in [0.4, 0.5) is 0 Å². The van der Waals surface area contributed by atoms with E-state index in [1.807, 2.05) is 12.1 Å². The minimum Gasteiger partial charge on any atom is -0.374 e. The molecule has 0 amide bonds. The molecule has 4 rings (SSSR count). The average Bonchev–Trinajstić information content (AvgIpc) is 3.37. The van der Waals surface area contributed by atoms with E-state index in [9.17, 15) is 8.42 Å². The van der Waals surface area contributed by atoms with E-state index in [-0.39, 0.29) is 23.5 Å². The lowest BCUT2D eigenvalue weighted by Gasteiger charge is -2.31. The minimum absolute atomic E-state index is 0.0585. The van der Waals surface area contributed by atoms with Crippen LogP contribution in [0.1, 0.15) is 31.2 Å². The zero-order valence-corrected chi connectivity index (χ0v) is 13.8. The third-order valence-electron chi connectivity index (χ3n) is 4.92. The number of hydrogen-bond acceptors (Lipinski definition) is 5. The summed E-state index contributed by atoms with van der Waals surface area (Å²) < 4.78 is 38.9. The monoisotopic (exact) mass is 338 g/mol. The van der Waals surface area contributed by atoms with E-state index in [1.165, 1.54) is 0 Å². The van der Waals surface area contributed by atoms with Crippen LogP contribution in [0.3, 0.4) is 0 Å². The number of aromatic nitrogens is 1. The number of sulfonamides is 1.